The van der Waals surface area contributed by atoms with E-state index in [2.05, 4.69) is 5.32 Å². The van der Waals surface area contributed by atoms with Crippen molar-refractivity contribution in [3.05, 3.63) is 66.2 Å². The Kier molecular flexibility index (Phi) is 8.06. The molecule has 0 spiro atoms. The summed E-state index contributed by atoms with van der Waals surface area (Å²) in [6.45, 7) is 6.50. The topological polar surface area (TPSA) is 67.2 Å². The number of benzene rings is 2. The fraction of sp³-hybridized carbons (Fsp3) is 0.320. The monoisotopic (exact) mass is 452 g/mol. The molecule has 0 aliphatic rings. The lowest BCUT2D eigenvalue weighted by Gasteiger charge is -2.24. The quantitative estimate of drug-likeness (QED) is 0.469. The molecule has 0 radical (unpaired) electrons. The predicted molar refractivity (Wildman–Crippen MR) is 129 cm³/mol. The highest BCUT2D eigenvalue weighted by atomic mass is 35.5. The average molecular weight is 453 g/mol. The van der Waals surface area contributed by atoms with E-state index in [9.17, 15) is 9.59 Å². The SMILES string of the molecule is Cc1ccc(-n2nc(-c3ccccc3)cc2NC(=O)CN(CC(C)C)C(=O)CCCl)cc1. The van der Waals surface area contributed by atoms with Crippen molar-refractivity contribution in [1.82, 2.24) is 14.7 Å². The first-order chi connectivity index (χ1) is 15.4. The second-order valence-corrected chi connectivity index (χ2v) is 8.56. The number of halogens is 1. The van der Waals surface area contributed by atoms with Crippen molar-refractivity contribution in [1.29, 1.82) is 0 Å². The number of rotatable bonds is 9. The van der Waals surface area contributed by atoms with Crippen molar-refractivity contribution in [2.45, 2.75) is 27.2 Å². The summed E-state index contributed by atoms with van der Waals surface area (Å²) in [6.07, 6.45) is 0.209. The molecule has 6 nitrogen and oxygen atoms in total. The maximum atomic E-state index is 12.9. The van der Waals surface area contributed by atoms with Gasteiger partial charge in [0.05, 0.1) is 17.9 Å². The summed E-state index contributed by atoms with van der Waals surface area (Å²) in [6, 6.07) is 19.6. The molecule has 7 heteroatoms. The van der Waals surface area contributed by atoms with Gasteiger partial charge < -0.3 is 10.2 Å². The molecule has 1 N–H and O–H groups in total. The van der Waals surface area contributed by atoms with Gasteiger partial charge >= 0.3 is 0 Å². The number of nitrogens with zero attached hydrogens (tertiary/aromatic N) is 3. The molecule has 0 fully saturated rings. The number of nitrogens with one attached hydrogen (secondary N) is 1. The van der Waals surface area contributed by atoms with E-state index in [1.165, 1.54) is 0 Å². The highest BCUT2D eigenvalue weighted by Crippen LogP contribution is 2.25. The molecule has 1 aromatic heterocycles. The van der Waals surface area contributed by atoms with Crippen LogP contribution in [0.25, 0.3) is 16.9 Å². The van der Waals surface area contributed by atoms with Crippen LogP contribution in [0.4, 0.5) is 5.82 Å². The van der Waals surface area contributed by atoms with Crippen molar-refractivity contribution < 1.29 is 9.59 Å². The normalized spacial score (nSPS) is 10.9. The van der Waals surface area contributed by atoms with Gasteiger partial charge in [-0.15, -0.1) is 11.6 Å². The second kappa shape index (κ2) is 11.0. The number of carbonyl (C=O) groups is 2. The van der Waals surface area contributed by atoms with Gasteiger partial charge in [0.15, 0.2) is 0 Å². The molecule has 32 heavy (non-hydrogen) atoms. The van der Waals surface area contributed by atoms with Gasteiger partial charge in [-0.3, -0.25) is 9.59 Å². The van der Waals surface area contributed by atoms with E-state index < -0.39 is 0 Å². The van der Waals surface area contributed by atoms with Gasteiger partial charge in [-0.05, 0) is 25.0 Å². The summed E-state index contributed by atoms with van der Waals surface area (Å²) >= 11 is 5.74. The molecule has 3 aromatic rings. The molecule has 2 amide bonds. The summed E-state index contributed by atoms with van der Waals surface area (Å²) in [4.78, 5) is 26.9. The number of hydrogen-bond donors (Lipinski definition) is 1. The van der Waals surface area contributed by atoms with Crippen molar-refractivity contribution in [2.24, 2.45) is 5.92 Å². The zero-order chi connectivity index (χ0) is 23.1. The average Bonchev–Trinajstić information content (AvgIpc) is 3.18. The van der Waals surface area contributed by atoms with Crippen LogP contribution in [0.1, 0.15) is 25.8 Å². The van der Waals surface area contributed by atoms with Gasteiger partial charge in [0.1, 0.15) is 5.82 Å². The molecular formula is C25H29ClN4O2. The van der Waals surface area contributed by atoms with Gasteiger partial charge in [-0.25, -0.2) is 4.68 Å². The summed E-state index contributed by atoms with van der Waals surface area (Å²) in [5.74, 6) is 0.620. The summed E-state index contributed by atoms with van der Waals surface area (Å²) in [5.41, 5.74) is 3.67. The first-order valence-electron chi connectivity index (χ1n) is 10.7. The molecule has 0 aliphatic carbocycles. The number of aryl methyl sites for hydroxylation is 1. The van der Waals surface area contributed by atoms with E-state index in [0.717, 1.165) is 22.5 Å². The Morgan fingerprint density at radius 1 is 1.09 bits per heavy atom. The maximum Gasteiger partial charge on any atom is 0.245 e. The van der Waals surface area contributed by atoms with Crippen LogP contribution < -0.4 is 5.32 Å². The number of carbonyl (C=O) groups excluding carboxylic acids is 2. The van der Waals surface area contributed by atoms with E-state index in [4.69, 9.17) is 16.7 Å². The molecule has 3 rings (SSSR count). The highest BCUT2D eigenvalue weighted by Gasteiger charge is 2.20. The first-order valence-corrected chi connectivity index (χ1v) is 11.3. The second-order valence-electron chi connectivity index (χ2n) is 8.18. The minimum Gasteiger partial charge on any atom is -0.333 e. The third-order valence-corrected chi connectivity index (χ3v) is 5.09. The molecular weight excluding hydrogens is 424 g/mol. The van der Waals surface area contributed by atoms with Gasteiger partial charge in [0.25, 0.3) is 0 Å². The Bertz CT molecular complexity index is 1050. The van der Waals surface area contributed by atoms with E-state index in [1.807, 2.05) is 81.4 Å². The summed E-state index contributed by atoms with van der Waals surface area (Å²) < 4.78 is 1.72. The maximum absolute atomic E-state index is 12.9. The molecule has 0 atom stereocenters. The summed E-state index contributed by atoms with van der Waals surface area (Å²) in [5, 5.41) is 7.68. The van der Waals surface area contributed by atoms with E-state index >= 15 is 0 Å². The molecule has 0 unspecified atom stereocenters. The lowest BCUT2D eigenvalue weighted by Crippen LogP contribution is -2.40. The zero-order valence-electron chi connectivity index (χ0n) is 18.7. The molecule has 2 aromatic carbocycles. The van der Waals surface area contributed by atoms with Gasteiger partial charge in [0.2, 0.25) is 11.8 Å². The predicted octanol–water partition coefficient (Wildman–Crippen LogP) is 4.90. The van der Waals surface area contributed by atoms with Crippen molar-refractivity contribution in [3.63, 3.8) is 0 Å². The van der Waals surface area contributed by atoms with Crippen molar-refractivity contribution in [2.75, 3.05) is 24.3 Å². The van der Waals surface area contributed by atoms with Crippen LogP contribution in [0.5, 0.6) is 0 Å². The number of amides is 2. The largest absolute Gasteiger partial charge is 0.333 e. The highest BCUT2D eigenvalue weighted by molar-refractivity contribution is 6.19. The molecule has 0 aliphatic heterocycles. The molecule has 1 heterocycles. The molecule has 0 bridgehead atoms. The van der Waals surface area contributed by atoms with E-state index in [0.29, 0.717) is 12.4 Å². The number of anilines is 1. The Morgan fingerprint density at radius 2 is 1.78 bits per heavy atom. The van der Waals surface area contributed by atoms with Crippen LogP contribution in [-0.2, 0) is 9.59 Å². The van der Waals surface area contributed by atoms with Crippen LogP contribution in [0, 0.1) is 12.8 Å². The van der Waals surface area contributed by atoms with Gasteiger partial charge in [-0.1, -0.05) is 61.9 Å². The Balaban J connectivity index is 1.88. The Hall–Kier alpha value is -3.12. The van der Waals surface area contributed by atoms with Crippen LogP contribution in [0.2, 0.25) is 0 Å². The molecule has 0 saturated heterocycles. The number of hydrogen-bond acceptors (Lipinski definition) is 3. The van der Waals surface area contributed by atoms with Crippen LogP contribution >= 0.6 is 11.6 Å². The smallest absolute Gasteiger partial charge is 0.245 e. The van der Waals surface area contributed by atoms with Crippen LogP contribution in [-0.4, -0.2) is 45.5 Å². The van der Waals surface area contributed by atoms with Crippen molar-refractivity contribution in [3.8, 4) is 16.9 Å². The lowest BCUT2D eigenvalue weighted by atomic mass is 10.1. The van der Waals surface area contributed by atoms with Crippen LogP contribution in [0.3, 0.4) is 0 Å². The van der Waals surface area contributed by atoms with E-state index in [1.54, 1.807) is 9.58 Å². The van der Waals surface area contributed by atoms with Gasteiger partial charge in [0, 0.05) is 30.5 Å². The third kappa shape index (κ3) is 6.20. The van der Waals surface area contributed by atoms with E-state index in [-0.39, 0.29) is 36.6 Å². The molecule has 0 saturated carbocycles. The fourth-order valence-corrected chi connectivity index (χ4v) is 3.55. The van der Waals surface area contributed by atoms with Crippen LogP contribution in [0.15, 0.2) is 60.7 Å². The number of alkyl halides is 1. The molecule has 168 valence electrons. The van der Waals surface area contributed by atoms with Gasteiger partial charge in [-0.2, -0.15) is 5.10 Å². The summed E-state index contributed by atoms with van der Waals surface area (Å²) in [7, 11) is 0. The van der Waals surface area contributed by atoms with Crippen molar-refractivity contribution >= 4 is 29.2 Å². The minimum atomic E-state index is -0.276. The lowest BCUT2D eigenvalue weighted by molar-refractivity contribution is -0.134. The first kappa shape index (κ1) is 23.5. The Morgan fingerprint density at radius 3 is 2.41 bits per heavy atom. The zero-order valence-corrected chi connectivity index (χ0v) is 19.5. The minimum absolute atomic E-state index is 0.0341. The fourth-order valence-electron chi connectivity index (χ4n) is 3.39. The third-order valence-electron chi connectivity index (χ3n) is 4.91. The Labute approximate surface area is 194 Å². The standard InChI is InChI=1S/C25H29ClN4O2/c1-18(2)16-29(25(32)13-14-26)17-24(31)27-23-15-22(20-7-5-4-6-8-20)28-30(23)21-11-9-19(3)10-12-21/h4-12,15,18H,13-14,16-17H2,1-3H3,(H,27,31). The number of aromatic nitrogens is 2.